The number of likely N-dealkylation sites (tertiary alicyclic amines) is 1. The number of hydrogen-bond donors (Lipinski definition) is 2. The molecule has 2 N–H and O–H groups in total. The maximum atomic E-state index is 12.0. The van der Waals surface area contributed by atoms with Crippen LogP contribution in [-0.4, -0.2) is 46.7 Å². The fourth-order valence-electron chi connectivity index (χ4n) is 2.35. The van der Waals surface area contributed by atoms with Crippen LogP contribution in [0.5, 0.6) is 0 Å². The van der Waals surface area contributed by atoms with Gasteiger partial charge in [-0.05, 0) is 33.2 Å². The van der Waals surface area contributed by atoms with Gasteiger partial charge in [-0.25, -0.2) is 0 Å². The van der Waals surface area contributed by atoms with Crippen molar-refractivity contribution < 1.29 is 9.90 Å². The van der Waals surface area contributed by atoms with Gasteiger partial charge in [-0.2, -0.15) is 0 Å². The average molecular weight is 198 g/mol. The second-order valence-corrected chi connectivity index (χ2v) is 5.02. The van der Waals surface area contributed by atoms with Gasteiger partial charge in [0.2, 0.25) is 5.91 Å². The predicted octanol–water partition coefficient (Wildman–Crippen LogP) is -0.278. The molecule has 0 aromatic carbocycles. The summed E-state index contributed by atoms with van der Waals surface area (Å²) in [5.74, 6) is 0.140. The van der Waals surface area contributed by atoms with E-state index >= 15 is 0 Å². The molecule has 2 saturated heterocycles. The standard InChI is InChI=1S/C10H18N2O2/c1-9(14)6-12(7-9)8(13)10(2)4-3-5-11-10/h11,14H,3-7H2,1-2H3. The summed E-state index contributed by atoms with van der Waals surface area (Å²) < 4.78 is 0. The summed E-state index contributed by atoms with van der Waals surface area (Å²) >= 11 is 0. The van der Waals surface area contributed by atoms with E-state index in [-0.39, 0.29) is 11.4 Å². The van der Waals surface area contributed by atoms with Crippen molar-refractivity contribution >= 4 is 5.91 Å². The molecule has 0 saturated carbocycles. The van der Waals surface area contributed by atoms with E-state index in [1.54, 1.807) is 11.8 Å². The Labute approximate surface area is 84.3 Å². The van der Waals surface area contributed by atoms with E-state index < -0.39 is 5.60 Å². The van der Waals surface area contributed by atoms with Gasteiger partial charge < -0.3 is 15.3 Å². The topological polar surface area (TPSA) is 52.6 Å². The molecular weight excluding hydrogens is 180 g/mol. The minimum Gasteiger partial charge on any atom is -0.386 e. The van der Waals surface area contributed by atoms with Gasteiger partial charge in [-0.1, -0.05) is 0 Å². The Balaban J connectivity index is 1.96. The largest absolute Gasteiger partial charge is 0.386 e. The molecule has 0 spiro atoms. The molecule has 80 valence electrons. The molecule has 0 radical (unpaired) electrons. The van der Waals surface area contributed by atoms with E-state index in [9.17, 15) is 9.90 Å². The highest BCUT2D eigenvalue weighted by molar-refractivity contribution is 5.87. The van der Waals surface area contributed by atoms with Gasteiger partial charge in [0.15, 0.2) is 0 Å². The number of β-amino-alcohol motifs (C(OH)–C–C–N with tert-alkyl or cyclic N) is 1. The molecule has 2 rings (SSSR count). The third-order valence-corrected chi connectivity index (χ3v) is 3.19. The van der Waals surface area contributed by atoms with Crippen LogP contribution in [0.4, 0.5) is 0 Å². The summed E-state index contributed by atoms with van der Waals surface area (Å²) in [6.45, 7) is 5.59. The highest BCUT2D eigenvalue weighted by Crippen LogP contribution is 2.27. The highest BCUT2D eigenvalue weighted by atomic mass is 16.3. The Morgan fingerprint density at radius 2 is 2.07 bits per heavy atom. The second-order valence-electron chi connectivity index (χ2n) is 5.02. The number of aliphatic hydroxyl groups is 1. The van der Waals surface area contributed by atoms with Crippen LogP contribution in [0.3, 0.4) is 0 Å². The van der Waals surface area contributed by atoms with Crippen LogP contribution in [-0.2, 0) is 4.79 Å². The summed E-state index contributed by atoms with van der Waals surface area (Å²) in [6, 6.07) is 0. The number of hydrogen-bond acceptors (Lipinski definition) is 3. The molecule has 1 atom stereocenters. The van der Waals surface area contributed by atoms with Crippen molar-refractivity contribution in [2.75, 3.05) is 19.6 Å². The predicted molar refractivity (Wildman–Crippen MR) is 52.8 cm³/mol. The normalized spacial score (nSPS) is 35.5. The quantitative estimate of drug-likeness (QED) is 0.609. The number of nitrogens with zero attached hydrogens (tertiary/aromatic N) is 1. The van der Waals surface area contributed by atoms with Gasteiger partial charge in [-0.15, -0.1) is 0 Å². The Kier molecular flexibility index (Phi) is 2.08. The number of rotatable bonds is 1. The van der Waals surface area contributed by atoms with Crippen molar-refractivity contribution in [3.63, 3.8) is 0 Å². The van der Waals surface area contributed by atoms with Crippen LogP contribution >= 0.6 is 0 Å². The Bertz CT molecular complexity index is 249. The highest BCUT2D eigenvalue weighted by Gasteiger charge is 2.46. The van der Waals surface area contributed by atoms with Gasteiger partial charge in [0.1, 0.15) is 0 Å². The van der Waals surface area contributed by atoms with E-state index in [0.29, 0.717) is 13.1 Å². The van der Waals surface area contributed by atoms with Gasteiger partial charge in [0, 0.05) is 0 Å². The number of carbonyl (C=O) groups excluding carboxylic acids is 1. The van der Waals surface area contributed by atoms with Crippen LogP contribution in [0.2, 0.25) is 0 Å². The van der Waals surface area contributed by atoms with Crippen LogP contribution in [0.1, 0.15) is 26.7 Å². The Morgan fingerprint density at radius 1 is 1.43 bits per heavy atom. The molecule has 2 fully saturated rings. The van der Waals surface area contributed by atoms with Crippen molar-refractivity contribution in [2.24, 2.45) is 0 Å². The molecule has 1 amide bonds. The molecule has 0 aromatic rings. The van der Waals surface area contributed by atoms with Crippen LogP contribution in [0.15, 0.2) is 0 Å². The molecule has 4 heteroatoms. The first kappa shape index (κ1) is 9.93. The summed E-state index contributed by atoms with van der Waals surface area (Å²) in [5.41, 5.74) is -1.04. The lowest BCUT2D eigenvalue weighted by molar-refractivity contribution is -0.158. The maximum Gasteiger partial charge on any atom is 0.242 e. The number of amides is 1. The molecule has 2 aliphatic heterocycles. The molecule has 0 aliphatic carbocycles. The zero-order valence-electron chi connectivity index (χ0n) is 8.84. The van der Waals surface area contributed by atoms with Crippen LogP contribution < -0.4 is 5.32 Å². The maximum absolute atomic E-state index is 12.0. The molecule has 2 heterocycles. The zero-order valence-corrected chi connectivity index (χ0v) is 8.84. The van der Waals surface area contributed by atoms with E-state index in [4.69, 9.17) is 0 Å². The SMILES string of the molecule is CC1(O)CN(C(=O)C2(C)CCCN2)C1. The second kappa shape index (κ2) is 2.94. The van der Waals surface area contributed by atoms with Crippen LogP contribution in [0.25, 0.3) is 0 Å². The average Bonchev–Trinajstić information content (AvgIpc) is 2.47. The smallest absolute Gasteiger partial charge is 0.242 e. The summed E-state index contributed by atoms with van der Waals surface area (Å²) in [7, 11) is 0. The summed E-state index contributed by atoms with van der Waals surface area (Å²) in [4.78, 5) is 13.7. The Morgan fingerprint density at radius 3 is 2.50 bits per heavy atom. The van der Waals surface area contributed by atoms with Crippen molar-refractivity contribution in [2.45, 2.75) is 37.8 Å². The molecule has 1 unspecified atom stereocenters. The third kappa shape index (κ3) is 1.53. The zero-order chi connectivity index (χ0) is 10.4. The molecule has 0 bridgehead atoms. The van der Waals surface area contributed by atoms with Crippen molar-refractivity contribution in [1.29, 1.82) is 0 Å². The lowest BCUT2D eigenvalue weighted by Crippen LogP contribution is -2.66. The molecule has 4 nitrogen and oxygen atoms in total. The van der Waals surface area contributed by atoms with Crippen molar-refractivity contribution in [1.82, 2.24) is 10.2 Å². The molecule has 0 aromatic heterocycles. The first-order valence-corrected chi connectivity index (χ1v) is 5.20. The van der Waals surface area contributed by atoms with E-state index in [1.807, 2.05) is 6.92 Å². The minimum atomic E-state index is -0.662. The lowest BCUT2D eigenvalue weighted by Gasteiger charge is -2.47. The van der Waals surface area contributed by atoms with Gasteiger partial charge >= 0.3 is 0 Å². The van der Waals surface area contributed by atoms with E-state index in [2.05, 4.69) is 5.32 Å². The Hall–Kier alpha value is -0.610. The van der Waals surface area contributed by atoms with Crippen molar-refractivity contribution in [3.05, 3.63) is 0 Å². The monoisotopic (exact) mass is 198 g/mol. The number of carbonyl (C=O) groups is 1. The van der Waals surface area contributed by atoms with E-state index in [1.165, 1.54) is 0 Å². The molecular formula is C10H18N2O2. The summed E-state index contributed by atoms with van der Waals surface area (Å²) in [6.07, 6.45) is 1.97. The molecule has 2 aliphatic rings. The van der Waals surface area contributed by atoms with Crippen LogP contribution in [0, 0.1) is 0 Å². The summed E-state index contributed by atoms with van der Waals surface area (Å²) in [5, 5.41) is 12.8. The lowest BCUT2D eigenvalue weighted by atomic mass is 9.91. The number of nitrogens with one attached hydrogen (secondary N) is 1. The minimum absolute atomic E-state index is 0.140. The third-order valence-electron chi connectivity index (χ3n) is 3.19. The van der Waals surface area contributed by atoms with Crippen molar-refractivity contribution in [3.8, 4) is 0 Å². The van der Waals surface area contributed by atoms with E-state index in [0.717, 1.165) is 19.4 Å². The molecule has 14 heavy (non-hydrogen) atoms. The first-order chi connectivity index (χ1) is 6.43. The fraction of sp³-hybridized carbons (Fsp3) is 0.900. The van der Waals surface area contributed by atoms with Gasteiger partial charge in [0.25, 0.3) is 0 Å². The first-order valence-electron chi connectivity index (χ1n) is 5.20. The fourth-order valence-corrected chi connectivity index (χ4v) is 2.35. The van der Waals surface area contributed by atoms with Gasteiger partial charge in [0.05, 0.1) is 24.2 Å². The van der Waals surface area contributed by atoms with Gasteiger partial charge in [-0.3, -0.25) is 4.79 Å².